The van der Waals surface area contributed by atoms with Crippen LogP contribution in [0.1, 0.15) is 31.1 Å². The van der Waals surface area contributed by atoms with Crippen LogP contribution in [0.15, 0.2) is 46.9 Å². The summed E-state index contributed by atoms with van der Waals surface area (Å²) in [5.41, 5.74) is 4.17. The van der Waals surface area contributed by atoms with Crippen molar-refractivity contribution >= 4 is 16.9 Å². The average Bonchev–Trinajstić information content (AvgIpc) is 3.35. The summed E-state index contributed by atoms with van der Waals surface area (Å²) < 4.78 is 11.9. The standard InChI is InChI=1S/C25H28N2O3/c1-16-25(28)27-11-7-10-20(27)15-26(16)14-19-12-23-21(13-22(19)29-3)24(17(2)30-23)18-8-5-4-6-9-18/h4-6,8-9,12-13,16,20H,7,10-11,14-15H2,1-3H3/t16-,20+/m1/s1. The molecule has 1 aromatic heterocycles. The van der Waals surface area contributed by atoms with Crippen LogP contribution >= 0.6 is 0 Å². The number of carbonyl (C=O) groups excluding carboxylic acids is 1. The summed E-state index contributed by atoms with van der Waals surface area (Å²) in [6.07, 6.45) is 2.21. The number of carbonyl (C=O) groups is 1. The van der Waals surface area contributed by atoms with E-state index in [0.29, 0.717) is 12.6 Å². The smallest absolute Gasteiger partial charge is 0.239 e. The maximum absolute atomic E-state index is 12.8. The summed E-state index contributed by atoms with van der Waals surface area (Å²) in [4.78, 5) is 17.2. The Bertz CT molecular complexity index is 1090. The Morgan fingerprint density at radius 2 is 2.00 bits per heavy atom. The molecule has 2 aliphatic heterocycles. The van der Waals surface area contributed by atoms with Gasteiger partial charge in [-0.15, -0.1) is 0 Å². The van der Waals surface area contributed by atoms with Crippen molar-refractivity contribution in [1.29, 1.82) is 0 Å². The molecular weight excluding hydrogens is 376 g/mol. The lowest BCUT2D eigenvalue weighted by Gasteiger charge is -2.41. The average molecular weight is 405 g/mol. The predicted molar refractivity (Wildman–Crippen MR) is 118 cm³/mol. The van der Waals surface area contributed by atoms with Gasteiger partial charge < -0.3 is 14.1 Å². The lowest BCUT2D eigenvalue weighted by Crippen LogP contribution is -2.58. The minimum atomic E-state index is -0.113. The number of fused-ring (bicyclic) bond motifs is 2. The van der Waals surface area contributed by atoms with E-state index in [4.69, 9.17) is 9.15 Å². The third-order valence-electron chi connectivity index (χ3n) is 6.71. The zero-order valence-electron chi connectivity index (χ0n) is 17.9. The Morgan fingerprint density at radius 1 is 1.20 bits per heavy atom. The normalized spacial score (nSPS) is 22.0. The first-order valence-corrected chi connectivity index (χ1v) is 10.8. The van der Waals surface area contributed by atoms with Gasteiger partial charge in [-0.3, -0.25) is 9.69 Å². The minimum Gasteiger partial charge on any atom is -0.496 e. The molecular formula is C25H28N2O3. The van der Waals surface area contributed by atoms with E-state index in [1.165, 1.54) is 0 Å². The second-order valence-electron chi connectivity index (χ2n) is 8.49. The molecule has 0 bridgehead atoms. The summed E-state index contributed by atoms with van der Waals surface area (Å²) >= 11 is 0. The molecule has 30 heavy (non-hydrogen) atoms. The fraction of sp³-hybridized carbons (Fsp3) is 0.400. The van der Waals surface area contributed by atoms with Gasteiger partial charge in [0.05, 0.1) is 13.2 Å². The van der Waals surface area contributed by atoms with Crippen LogP contribution in [0.4, 0.5) is 0 Å². The van der Waals surface area contributed by atoms with Gasteiger partial charge >= 0.3 is 0 Å². The van der Waals surface area contributed by atoms with E-state index in [-0.39, 0.29) is 11.9 Å². The maximum Gasteiger partial charge on any atom is 0.239 e. The number of benzene rings is 2. The molecule has 5 nitrogen and oxygen atoms in total. The second kappa shape index (κ2) is 7.47. The summed E-state index contributed by atoms with van der Waals surface area (Å²) in [5.74, 6) is 2.00. The van der Waals surface area contributed by atoms with Crippen LogP contribution < -0.4 is 4.74 Å². The number of furan rings is 1. The fourth-order valence-electron chi connectivity index (χ4n) is 5.13. The van der Waals surface area contributed by atoms with E-state index in [0.717, 1.165) is 65.1 Å². The van der Waals surface area contributed by atoms with Gasteiger partial charge in [0.15, 0.2) is 0 Å². The van der Waals surface area contributed by atoms with Gasteiger partial charge in [-0.1, -0.05) is 30.3 Å². The van der Waals surface area contributed by atoms with Crippen molar-refractivity contribution in [3.05, 3.63) is 53.8 Å². The molecule has 3 heterocycles. The zero-order valence-corrected chi connectivity index (χ0v) is 17.9. The van der Waals surface area contributed by atoms with E-state index < -0.39 is 0 Å². The van der Waals surface area contributed by atoms with Crippen LogP contribution in [-0.2, 0) is 11.3 Å². The van der Waals surface area contributed by atoms with E-state index in [1.807, 2.05) is 32.0 Å². The molecule has 2 aliphatic rings. The quantitative estimate of drug-likeness (QED) is 0.637. The highest BCUT2D eigenvalue weighted by Crippen LogP contribution is 2.39. The lowest BCUT2D eigenvalue weighted by atomic mass is 10.00. The largest absolute Gasteiger partial charge is 0.496 e. The van der Waals surface area contributed by atoms with Crippen LogP contribution in [0.3, 0.4) is 0 Å². The van der Waals surface area contributed by atoms with Gasteiger partial charge in [0.2, 0.25) is 5.91 Å². The molecule has 2 fully saturated rings. The Morgan fingerprint density at radius 3 is 2.77 bits per heavy atom. The predicted octanol–water partition coefficient (Wildman–Crippen LogP) is 4.61. The number of amides is 1. The maximum atomic E-state index is 12.8. The molecule has 0 unspecified atom stereocenters. The molecule has 0 radical (unpaired) electrons. The van der Waals surface area contributed by atoms with Gasteiger partial charge in [-0.25, -0.2) is 0 Å². The minimum absolute atomic E-state index is 0.113. The Hall–Kier alpha value is -2.79. The first kappa shape index (κ1) is 19.2. The topological polar surface area (TPSA) is 45.9 Å². The van der Waals surface area contributed by atoms with Gasteiger partial charge in [0, 0.05) is 42.2 Å². The number of rotatable bonds is 4. The van der Waals surface area contributed by atoms with Crippen molar-refractivity contribution in [3.63, 3.8) is 0 Å². The fourth-order valence-corrected chi connectivity index (χ4v) is 5.13. The number of hydrogen-bond acceptors (Lipinski definition) is 4. The molecule has 1 amide bonds. The summed E-state index contributed by atoms with van der Waals surface area (Å²) in [6.45, 7) is 6.53. The van der Waals surface area contributed by atoms with E-state index in [2.05, 4.69) is 34.1 Å². The Kier molecular flexibility index (Phi) is 4.78. The van der Waals surface area contributed by atoms with E-state index >= 15 is 0 Å². The highest BCUT2D eigenvalue weighted by atomic mass is 16.5. The summed E-state index contributed by atoms with van der Waals surface area (Å²) in [5, 5.41) is 1.06. The third-order valence-corrected chi connectivity index (χ3v) is 6.71. The van der Waals surface area contributed by atoms with Crippen molar-refractivity contribution in [3.8, 4) is 16.9 Å². The van der Waals surface area contributed by atoms with Crippen LogP contribution in [0.2, 0.25) is 0 Å². The highest BCUT2D eigenvalue weighted by Gasteiger charge is 2.40. The van der Waals surface area contributed by atoms with Crippen molar-refractivity contribution in [2.24, 2.45) is 0 Å². The van der Waals surface area contributed by atoms with Gasteiger partial charge in [-0.05, 0) is 44.4 Å². The molecule has 156 valence electrons. The van der Waals surface area contributed by atoms with Gasteiger partial charge in [0.1, 0.15) is 17.1 Å². The summed E-state index contributed by atoms with van der Waals surface area (Å²) in [7, 11) is 1.71. The van der Waals surface area contributed by atoms with Gasteiger partial charge in [-0.2, -0.15) is 0 Å². The Labute approximate surface area is 177 Å². The molecule has 2 atom stereocenters. The first-order chi connectivity index (χ1) is 14.6. The molecule has 5 heteroatoms. The Balaban J connectivity index is 1.51. The third kappa shape index (κ3) is 3.08. The molecule has 0 aliphatic carbocycles. The highest BCUT2D eigenvalue weighted by molar-refractivity contribution is 5.97. The number of methoxy groups -OCH3 is 1. The van der Waals surface area contributed by atoms with Crippen molar-refractivity contribution < 1.29 is 13.9 Å². The zero-order chi connectivity index (χ0) is 20.8. The number of hydrogen-bond donors (Lipinski definition) is 0. The second-order valence-corrected chi connectivity index (χ2v) is 8.49. The van der Waals surface area contributed by atoms with E-state index in [9.17, 15) is 4.79 Å². The van der Waals surface area contributed by atoms with Crippen LogP contribution in [0, 0.1) is 6.92 Å². The van der Waals surface area contributed by atoms with Crippen LogP contribution in [0.5, 0.6) is 5.75 Å². The number of piperazine rings is 1. The van der Waals surface area contributed by atoms with Crippen molar-refractivity contribution in [2.75, 3.05) is 20.2 Å². The number of nitrogens with zero attached hydrogens (tertiary/aromatic N) is 2. The first-order valence-electron chi connectivity index (χ1n) is 10.8. The van der Waals surface area contributed by atoms with E-state index in [1.54, 1.807) is 7.11 Å². The van der Waals surface area contributed by atoms with Crippen molar-refractivity contribution in [1.82, 2.24) is 9.80 Å². The monoisotopic (exact) mass is 404 g/mol. The number of ether oxygens (including phenoxy) is 1. The van der Waals surface area contributed by atoms with Crippen molar-refractivity contribution in [2.45, 2.75) is 45.3 Å². The molecule has 0 spiro atoms. The SMILES string of the molecule is COc1cc2c(-c3ccccc3)c(C)oc2cc1CN1C[C@@H]2CCCN2C(=O)[C@H]1C. The number of aryl methyl sites for hydroxylation is 1. The summed E-state index contributed by atoms with van der Waals surface area (Å²) in [6, 6.07) is 14.7. The molecule has 3 aromatic rings. The van der Waals surface area contributed by atoms with Gasteiger partial charge in [0.25, 0.3) is 0 Å². The van der Waals surface area contributed by atoms with Crippen LogP contribution in [-0.4, -0.2) is 48.0 Å². The molecule has 5 rings (SSSR count). The molecule has 0 N–H and O–H groups in total. The van der Waals surface area contributed by atoms with Crippen LogP contribution in [0.25, 0.3) is 22.1 Å². The lowest BCUT2D eigenvalue weighted by molar-refractivity contribution is -0.143. The molecule has 2 aromatic carbocycles. The molecule has 2 saturated heterocycles. The molecule has 0 saturated carbocycles.